The highest BCUT2D eigenvalue weighted by molar-refractivity contribution is 5.50. The molecule has 1 aliphatic rings. The molecule has 5 nitrogen and oxygen atoms in total. The first-order chi connectivity index (χ1) is 8.74. The Morgan fingerprint density at radius 3 is 3.06 bits per heavy atom. The molecule has 18 heavy (non-hydrogen) atoms. The van der Waals surface area contributed by atoms with Crippen LogP contribution in [0.3, 0.4) is 0 Å². The van der Waals surface area contributed by atoms with Crippen LogP contribution in [0.25, 0.3) is 0 Å². The Bertz CT molecular complexity index is 381. The lowest BCUT2D eigenvalue weighted by Gasteiger charge is -2.20. The SMILES string of the molecule is CCN(C)c1cc(N2CCC(CCN)C2)ncn1. The van der Waals surface area contributed by atoms with E-state index in [1.54, 1.807) is 6.33 Å². The maximum absolute atomic E-state index is 5.62. The molecule has 1 aromatic heterocycles. The largest absolute Gasteiger partial charge is 0.360 e. The van der Waals surface area contributed by atoms with Crippen LogP contribution in [0.2, 0.25) is 0 Å². The second-order valence-corrected chi connectivity index (χ2v) is 4.93. The molecular weight excluding hydrogens is 226 g/mol. The van der Waals surface area contributed by atoms with E-state index < -0.39 is 0 Å². The topological polar surface area (TPSA) is 58.3 Å². The molecule has 0 saturated carbocycles. The van der Waals surface area contributed by atoms with Gasteiger partial charge in [-0.05, 0) is 32.2 Å². The molecule has 0 aliphatic carbocycles. The van der Waals surface area contributed by atoms with Gasteiger partial charge in [0.05, 0.1) is 0 Å². The molecule has 1 atom stereocenters. The van der Waals surface area contributed by atoms with Gasteiger partial charge >= 0.3 is 0 Å². The van der Waals surface area contributed by atoms with Crippen molar-refractivity contribution < 1.29 is 0 Å². The standard InChI is InChI=1S/C13H23N5/c1-3-17(2)12-8-13(16-10-15-12)18-7-5-11(9-18)4-6-14/h8,10-11H,3-7,9,14H2,1-2H3. The number of nitrogens with two attached hydrogens (primary N) is 1. The van der Waals surface area contributed by atoms with Crippen LogP contribution in [0.5, 0.6) is 0 Å². The molecule has 0 aromatic carbocycles. The Morgan fingerprint density at radius 1 is 1.50 bits per heavy atom. The third-order valence-corrected chi connectivity index (χ3v) is 3.69. The summed E-state index contributed by atoms with van der Waals surface area (Å²) in [7, 11) is 2.05. The van der Waals surface area contributed by atoms with Crippen molar-refractivity contribution in [3.05, 3.63) is 12.4 Å². The quantitative estimate of drug-likeness (QED) is 0.847. The summed E-state index contributed by atoms with van der Waals surface area (Å²) >= 11 is 0. The first-order valence-electron chi connectivity index (χ1n) is 6.72. The number of aromatic nitrogens is 2. The predicted octanol–water partition coefficient (Wildman–Crippen LogP) is 1.11. The van der Waals surface area contributed by atoms with E-state index in [0.717, 1.165) is 50.2 Å². The average Bonchev–Trinajstić information content (AvgIpc) is 2.87. The maximum Gasteiger partial charge on any atom is 0.134 e. The Hall–Kier alpha value is -1.36. The second-order valence-electron chi connectivity index (χ2n) is 4.93. The molecule has 5 heteroatoms. The lowest BCUT2D eigenvalue weighted by Crippen LogP contribution is -2.23. The Labute approximate surface area is 109 Å². The van der Waals surface area contributed by atoms with E-state index in [-0.39, 0.29) is 0 Å². The fraction of sp³-hybridized carbons (Fsp3) is 0.692. The smallest absolute Gasteiger partial charge is 0.134 e. The van der Waals surface area contributed by atoms with Crippen molar-refractivity contribution in [2.24, 2.45) is 11.7 Å². The van der Waals surface area contributed by atoms with Crippen LogP contribution < -0.4 is 15.5 Å². The monoisotopic (exact) mass is 249 g/mol. The molecule has 2 rings (SSSR count). The minimum absolute atomic E-state index is 0.720. The Balaban J connectivity index is 2.05. The van der Waals surface area contributed by atoms with Gasteiger partial charge in [-0.25, -0.2) is 9.97 Å². The average molecular weight is 249 g/mol. The number of rotatable bonds is 5. The first kappa shape index (κ1) is 13.1. The van der Waals surface area contributed by atoms with Crippen LogP contribution >= 0.6 is 0 Å². The summed E-state index contributed by atoms with van der Waals surface area (Å²) in [5, 5.41) is 0. The summed E-state index contributed by atoms with van der Waals surface area (Å²) < 4.78 is 0. The van der Waals surface area contributed by atoms with Crippen molar-refractivity contribution in [2.45, 2.75) is 19.8 Å². The van der Waals surface area contributed by atoms with Crippen LogP contribution in [0.4, 0.5) is 11.6 Å². The fourth-order valence-corrected chi connectivity index (χ4v) is 2.39. The van der Waals surface area contributed by atoms with E-state index in [1.807, 2.05) is 7.05 Å². The lowest BCUT2D eigenvalue weighted by molar-refractivity contribution is 0.546. The molecule has 100 valence electrons. The van der Waals surface area contributed by atoms with Crippen molar-refractivity contribution in [3.63, 3.8) is 0 Å². The molecule has 0 amide bonds. The minimum atomic E-state index is 0.720. The van der Waals surface area contributed by atoms with Gasteiger partial charge in [-0.15, -0.1) is 0 Å². The van der Waals surface area contributed by atoms with Crippen LogP contribution in [0, 0.1) is 5.92 Å². The van der Waals surface area contributed by atoms with Gasteiger partial charge in [0.2, 0.25) is 0 Å². The highest BCUT2D eigenvalue weighted by Gasteiger charge is 2.23. The number of anilines is 2. The highest BCUT2D eigenvalue weighted by atomic mass is 15.2. The number of hydrogen-bond donors (Lipinski definition) is 1. The molecule has 0 radical (unpaired) electrons. The van der Waals surface area contributed by atoms with E-state index in [0.29, 0.717) is 0 Å². The summed E-state index contributed by atoms with van der Waals surface area (Å²) in [5.41, 5.74) is 5.62. The minimum Gasteiger partial charge on any atom is -0.360 e. The Kier molecular flexibility index (Phi) is 4.36. The molecular formula is C13H23N5. The highest BCUT2D eigenvalue weighted by Crippen LogP contribution is 2.25. The van der Waals surface area contributed by atoms with Gasteiger partial charge in [0, 0.05) is 32.7 Å². The van der Waals surface area contributed by atoms with E-state index in [2.05, 4.69) is 32.8 Å². The summed E-state index contributed by atoms with van der Waals surface area (Å²) in [5.74, 6) is 2.75. The van der Waals surface area contributed by atoms with Gasteiger partial charge in [0.15, 0.2) is 0 Å². The Morgan fingerprint density at radius 2 is 2.33 bits per heavy atom. The molecule has 1 saturated heterocycles. The van der Waals surface area contributed by atoms with Gasteiger partial charge in [0.1, 0.15) is 18.0 Å². The lowest BCUT2D eigenvalue weighted by atomic mass is 10.1. The molecule has 2 N–H and O–H groups in total. The normalized spacial score (nSPS) is 19.3. The molecule has 2 heterocycles. The summed E-state index contributed by atoms with van der Waals surface area (Å²) in [4.78, 5) is 13.2. The maximum atomic E-state index is 5.62. The molecule has 0 bridgehead atoms. The zero-order valence-corrected chi connectivity index (χ0v) is 11.3. The van der Waals surface area contributed by atoms with Crippen molar-refractivity contribution >= 4 is 11.6 Å². The van der Waals surface area contributed by atoms with Crippen molar-refractivity contribution in [2.75, 3.05) is 43.0 Å². The van der Waals surface area contributed by atoms with Crippen molar-refractivity contribution in [3.8, 4) is 0 Å². The van der Waals surface area contributed by atoms with Gasteiger partial charge < -0.3 is 15.5 Å². The second kappa shape index (κ2) is 6.00. The third-order valence-electron chi connectivity index (χ3n) is 3.69. The summed E-state index contributed by atoms with van der Waals surface area (Å²) in [6.45, 7) is 6.01. The molecule has 0 spiro atoms. The first-order valence-corrected chi connectivity index (χ1v) is 6.72. The number of nitrogens with zero attached hydrogens (tertiary/aromatic N) is 4. The van der Waals surface area contributed by atoms with Crippen LogP contribution in [-0.2, 0) is 0 Å². The van der Waals surface area contributed by atoms with E-state index >= 15 is 0 Å². The van der Waals surface area contributed by atoms with Crippen molar-refractivity contribution in [1.82, 2.24) is 9.97 Å². The zero-order valence-electron chi connectivity index (χ0n) is 11.3. The van der Waals surface area contributed by atoms with Gasteiger partial charge in [0.25, 0.3) is 0 Å². The van der Waals surface area contributed by atoms with E-state index in [1.165, 1.54) is 6.42 Å². The summed E-state index contributed by atoms with van der Waals surface area (Å²) in [6, 6.07) is 2.08. The zero-order chi connectivity index (χ0) is 13.0. The van der Waals surface area contributed by atoms with Gasteiger partial charge in [-0.1, -0.05) is 0 Å². The van der Waals surface area contributed by atoms with E-state index in [4.69, 9.17) is 5.73 Å². The number of hydrogen-bond acceptors (Lipinski definition) is 5. The van der Waals surface area contributed by atoms with E-state index in [9.17, 15) is 0 Å². The van der Waals surface area contributed by atoms with Crippen LogP contribution in [0.15, 0.2) is 12.4 Å². The molecule has 1 fully saturated rings. The van der Waals surface area contributed by atoms with Crippen LogP contribution in [0.1, 0.15) is 19.8 Å². The predicted molar refractivity (Wildman–Crippen MR) is 75.0 cm³/mol. The molecule has 1 aromatic rings. The molecule has 1 aliphatic heterocycles. The fourth-order valence-electron chi connectivity index (χ4n) is 2.39. The van der Waals surface area contributed by atoms with Crippen molar-refractivity contribution in [1.29, 1.82) is 0 Å². The molecule has 1 unspecified atom stereocenters. The summed E-state index contributed by atoms with van der Waals surface area (Å²) in [6.07, 6.45) is 4.00. The van der Waals surface area contributed by atoms with Gasteiger partial charge in [-0.2, -0.15) is 0 Å². The third kappa shape index (κ3) is 2.90. The van der Waals surface area contributed by atoms with Gasteiger partial charge in [-0.3, -0.25) is 0 Å². The van der Waals surface area contributed by atoms with Crippen LogP contribution in [-0.4, -0.2) is 43.2 Å².